The summed E-state index contributed by atoms with van der Waals surface area (Å²) in [5.74, 6) is -0.344. The number of esters is 1. The predicted octanol–water partition coefficient (Wildman–Crippen LogP) is 1.92. The Bertz CT molecular complexity index is 518. The first-order valence-electron chi connectivity index (χ1n) is 8.27. The maximum atomic E-state index is 12.5. The summed E-state index contributed by atoms with van der Waals surface area (Å²) in [6.07, 6.45) is 1.90. The molecule has 1 atom stereocenters. The van der Waals surface area contributed by atoms with Crippen molar-refractivity contribution in [2.24, 2.45) is 5.92 Å². The molecule has 1 fully saturated rings. The first-order valence-corrected chi connectivity index (χ1v) is 8.27. The zero-order valence-corrected chi connectivity index (χ0v) is 14.0. The lowest BCUT2D eigenvalue weighted by molar-refractivity contribution is -0.149. The molecule has 0 aliphatic carbocycles. The van der Waals surface area contributed by atoms with Crippen molar-refractivity contribution in [3.05, 3.63) is 35.9 Å². The van der Waals surface area contributed by atoms with E-state index in [4.69, 9.17) is 4.74 Å². The lowest BCUT2D eigenvalue weighted by Crippen LogP contribution is -2.44. The minimum atomic E-state index is -0.347. The lowest BCUT2D eigenvalue weighted by Gasteiger charge is -2.33. The van der Waals surface area contributed by atoms with E-state index >= 15 is 0 Å². The number of likely N-dealkylation sites (tertiary alicyclic amines) is 1. The molecule has 0 N–H and O–H groups in total. The molecule has 1 unspecified atom stereocenters. The molecule has 5 nitrogen and oxygen atoms in total. The van der Waals surface area contributed by atoms with Crippen LogP contribution in [0.25, 0.3) is 0 Å². The SMILES string of the molecule is CCOC(=O)CN(C)C(=O)C1CCCN(Cc2ccccc2)C1. The van der Waals surface area contributed by atoms with Crippen LogP contribution < -0.4 is 0 Å². The molecule has 0 saturated carbocycles. The Balaban J connectivity index is 1.87. The van der Waals surface area contributed by atoms with Crippen molar-refractivity contribution in [2.45, 2.75) is 26.3 Å². The Labute approximate surface area is 138 Å². The number of likely N-dealkylation sites (N-methyl/N-ethyl adjacent to an activating group) is 1. The smallest absolute Gasteiger partial charge is 0.325 e. The molecule has 0 bridgehead atoms. The van der Waals surface area contributed by atoms with Crippen molar-refractivity contribution in [1.82, 2.24) is 9.80 Å². The van der Waals surface area contributed by atoms with Gasteiger partial charge in [0.05, 0.1) is 12.5 Å². The average molecular weight is 318 g/mol. The fraction of sp³-hybridized carbons (Fsp3) is 0.556. The second-order valence-corrected chi connectivity index (χ2v) is 6.06. The molecule has 1 amide bonds. The van der Waals surface area contributed by atoms with Gasteiger partial charge in [-0.05, 0) is 31.9 Å². The molecule has 1 aliphatic rings. The number of nitrogens with zero attached hydrogens (tertiary/aromatic N) is 2. The highest BCUT2D eigenvalue weighted by molar-refractivity contribution is 5.83. The molecule has 1 heterocycles. The summed E-state index contributed by atoms with van der Waals surface area (Å²) in [4.78, 5) is 27.9. The van der Waals surface area contributed by atoms with E-state index < -0.39 is 0 Å². The van der Waals surface area contributed by atoms with Crippen LogP contribution in [0.2, 0.25) is 0 Å². The Morgan fingerprint density at radius 3 is 2.74 bits per heavy atom. The number of hydrogen-bond acceptors (Lipinski definition) is 4. The average Bonchev–Trinajstić information content (AvgIpc) is 2.55. The summed E-state index contributed by atoms with van der Waals surface area (Å²) in [5.41, 5.74) is 1.26. The van der Waals surface area contributed by atoms with Crippen LogP contribution in [0.3, 0.4) is 0 Å². The van der Waals surface area contributed by atoms with Crippen molar-refractivity contribution in [3.8, 4) is 0 Å². The number of piperidine rings is 1. The number of amides is 1. The quantitative estimate of drug-likeness (QED) is 0.752. The van der Waals surface area contributed by atoms with Gasteiger partial charge in [0.1, 0.15) is 6.54 Å². The summed E-state index contributed by atoms with van der Waals surface area (Å²) in [6, 6.07) is 10.3. The van der Waals surface area contributed by atoms with E-state index in [-0.39, 0.29) is 24.3 Å². The van der Waals surface area contributed by atoms with Crippen LogP contribution in [0.5, 0.6) is 0 Å². The van der Waals surface area contributed by atoms with Gasteiger partial charge in [0.2, 0.25) is 5.91 Å². The lowest BCUT2D eigenvalue weighted by atomic mass is 9.96. The van der Waals surface area contributed by atoms with Gasteiger partial charge in [-0.15, -0.1) is 0 Å². The van der Waals surface area contributed by atoms with E-state index in [2.05, 4.69) is 17.0 Å². The van der Waals surface area contributed by atoms with Crippen LogP contribution in [0, 0.1) is 5.92 Å². The largest absolute Gasteiger partial charge is 0.465 e. The second-order valence-electron chi connectivity index (χ2n) is 6.06. The van der Waals surface area contributed by atoms with E-state index in [0.29, 0.717) is 6.61 Å². The van der Waals surface area contributed by atoms with Gasteiger partial charge in [-0.3, -0.25) is 14.5 Å². The van der Waals surface area contributed by atoms with Crippen LogP contribution in [0.4, 0.5) is 0 Å². The van der Waals surface area contributed by atoms with E-state index in [1.165, 1.54) is 10.5 Å². The van der Waals surface area contributed by atoms with Gasteiger partial charge in [0.15, 0.2) is 0 Å². The summed E-state index contributed by atoms with van der Waals surface area (Å²) in [7, 11) is 1.68. The van der Waals surface area contributed by atoms with Crippen molar-refractivity contribution in [3.63, 3.8) is 0 Å². The summed E-state index contributed by atoms with van der Waals surface area (Å²) in [5, 5.41) is 0. The zero-order valence-electron chi connectivity index (χ0n) is 14.0. The number of hydrogen-bond donors (Lipinski definition) is 0. The molecule has 1 saturated heterocycles. The number of carbonyl (C=O) groups is 2. The second kappa shape index (κ2) is 8.67. The topological polar surface area (TPSA) is 49.9 Å². The minimum absolute atomic E-state index is 0.0296. The molecule has 1 aromatic carbocycles. The zero-order chi connectivity index (χ0) is 16.7. The fourth-order valence-electron chi connectivity index (χ4n) is 3.03. The number of ether oxygens (including phenoxy) is 1. The molecule has 0 radical (unpaired) electrons. The molecule has 2 rings (SSSR count). The highest BCUT2D eigenvalue weighted by atomic mass is 16.5. The Hall–Kier alpha value is -1.88. The van der Waals surface area contributed by atoms with Gasteiger partial charge in [-0.1, -0.05) is 30.3 Å². The van der Waals surface area contributed by atoms with Crippen molar-refractivity contribution in [2.75, 3.05) is 33.3 Å². The van der Waals surface area contributed by atoms with Crippen LogP contribution in [0.1, 0.15) is 25.3 Å². The Morgan fingerprint density at radius 2 is 2.04 bits per heavy atom. The highest BCUT2D eigenvalue weighted by Gasteiger charge is 2.28. The molecule has 0 spiro atoms. The molecular formula is C18H26N2O3. The van der Waals surface area contributed by atoms with E-state index in [0.717, 1.165) is 32.5 Å². The van der Waals surface area contributed by atoms with Crippen molar-refractivity contribution < 1.29 is 14.3 Å². The molecule has 5 heteroatoms. The van der Waals surface area contributed by atoms with Gasteiger partial charge in [0.25, 0.3) is 0 Å². The van der Waals surface area contributed by atoms with Crippen LogP contribution in [-0.2, 0) is 20.9 Å². The standard InChI is InChI=1S/C18H26N2O3/c1-3-23-17(21)14-19(2)18(22)16-10-7-11-20(13-16)12-15-8-5-4-6-9-15/h4-6,8-9,16H,3,7,10-14H2,1-2H3. The summed E-state index contributed by atoms with van der Waals surface area (Å²) >= 11 is 0. The predicted molar refractivity (Wildman–Crippen MR) is 88.7 cm³/mol. The third-order valence-corrected chi connectivity index (χ3v) is 4.15. The van der Waals surface area contributed by atoms with Crippen molar-refractivity contribution >= 4 is 11.9 Å². The van der Waals surface area contributed by atoms with Gasteiger partial charge in [0, 0.05) is 20.1 Å². The van der Waals surface area contributed by atoms with E-state index in [1.54, 1.807) is 14.0 Å². The van der Waals surface area contributed by atoms with Gasteiger partial charge < -0.3 is 9.64 Å². The summed E-state index contributed by atoms with van der Waals surface area (Å²) < 4.78 is 4.91. The molecule has 0 aromatic heterocycles. The minimum Gasteiger partial charge on any atom is -0.465 e. The highest BCUT2D eigenvalue weighted by Crippen LogP contribution is 2.20. The van der Waals surface area contributed by atoms with Crippen LogP contribution in [-0.4, -0.2) is 55.0 Å². The third kappa shape index (κ3) is 5.36. The summed E-state index contributed by atoms with van der Waals surface area (Å²) in [6.45, 7) is 4.77. The number of benzene rings is 1. The molecule has 1 aliphatic heterocycles. The third-order valence-electron chi connectivity index (χ3n) is 4.15. The Morgan fingerprint density at radius 1 is 1.30 bits per heavy atom. The molecular weight excluding hydrogens is 292 g/mol. The number of rotatable bonds is 6. The fourth-order valence-corrected chi connectivity index (χ4v) is 3.03. The monoisotopic (exact) mass is 318 g/mol. The first-order chi connectivity index (χ1) is 11.1. The Kier molecular flexibility index (Phi) is 6.59. The van der Waals surface area contributed by atoms with Gasteiger partial charge >= 0.3 is 5.97 Å². The maximum Gasteiger partial charge on any atom is 0.325 e. The van der Waals surface area contributed by atoms with E-state index in [1.807, 2.05) is 18.2 Å². The first kappa shape index (κ1) is 17.5. The van der Waals surface area contributed by atoms with E-state index in [9.17, 15) is 9.59 Å². The molecule has 126 valence electrons. The normalized spacial score (nSPS) is 18.4. The maximum absolute atomic E-state index is 12.5. The van der Waals surface area contributed by atoms with Crippen LogP contribution in [0.15, 0.2) is 30.3 Å². The molecule has 23 heavy (non-hydrogen) atoms. The van der Waals surface area contributed by atoms with Crippen LogP contribution >= 0.6 is 0 Å². The van der Waals surface area contributed by atoms with Gasteiger partial charge in [-0.2, -0.15) is 0 Å². The molecule has 1 aromatic rings. The van der Waals surface area contributed by atoms with Crippen molar-refractivity contribution in [1.29, 1.82) is 0 Å². The van der Waals surface area contributed by atoms with Gasteiger partial charge in [-0.25, -0.2) is 0 Å². The number of carbonyl (C=O) groups excluding carboxylic acids is 2.